The highest BCUT2D eigenvalue weighted by atomic mass is 32.1. The van der Waals surface area contributed by atoms with Crippen LogP contribution >= 0.6 is 12.2 Å². The first kappa shape index (κ1) is 16.9. The highest BCUT2D eigenvalue weighted by Crippen LogP contribution is 2.16. The van der Waals surface area contributed by atoms with Crippen LogP contribution in [0.5, 0.6) is 5.75 Å². The van der Waals surface area contributed by atoms with Gasteiger partial charge in [-0.1, -0.05) is 30.4 Å². The minimum absolute atomic E-state index is 0.0538. The van der Waals surface area contributed by atoms with Crippen LogP contribution in [-0.2, 0) is 16.0 Å². The molecule has 1 aromatic carbocycles. The van der Waals surface area contributed by atoms with Crippen molar-refractivity contribution < 1.29 is 14.3 Å². The van der Waals surface area contributed by atoms with Gasteiger partial charge in [0, 0.05) is 12.6 Å². The second kappa shape index (κ2) is 8.24. The lowest BCUT2D eigenvalue weighted by Crippen LogP contribution is -2.29. The van der Waals surface area contributed by atoms with Crippen LogP contribution in [0.2, 0.25) is 0 Å². The Hall–Kier alpha value is -2.47. The summed E-state index contributed by atoms with van der Waals surface area (Å²) >= 11 is 4.97. The summed E-state index contributed by atoms with van der Waals surface area (Å²) in [5.74, 6) is -0.513. The molecule has 0 amide bonds. The van der Waals surface area contributed by atoms with E-state index >= 15 is 0 Å². The molecule has 0 saturated heterocycles. The zero-order chi connectivity index (χ0) is 16.7. The average Bonchev–Trinajstić information content (AvgIpc) is 2.56. The molecular weight excluding hydrogens is 312 g/mol. The minimum atomic E-state index is -0.818. The molecule has 0 bridgehead atoms. The largest absolute Gasteiger partial charge is 0.497 e. The maximum atomic E-state index is 12.2. The molecule has 1 aromatic heterocycles. The van der Waals surface area contributed by atoms with Gasteiger partial charge in [-0.05, 0) is 29.8 Å². The van der Waals surface area contributed by atoms with Crippen molar-refractivity contribution in [1.82, 2.24) is 4.98 Å². The molecule has 6 heteroatoms. The van der Waals surface area contributed by atoms with Crippen molar-refractivity contribution in [3.05, 3.63) is 59.9 Å². The highest BCUT2D eigenvalue weighted by Gasteiger charge is 2.26. The summed E-state index contributed by atoms with van der Waals surface area (Å²) in [4.78, 5) is 16.4. The molecule has 0 spiro atoms. The predicted molar refractivity (Wildman–Crippen MR) is 91.4 cm³/mol. The number of nitrogens with two attached hydrogens (primary N) is 1. The molecule has 0 aliphatic carbocycles. The van der Waals surface area contributed by atoms with Crippen LogP contribution in [0.15, 0.2) is 48.7 Å². The van der Waals surface area contributed by atoms with Crippen molar-refractivity contribution in [1.29, 1.82) is 0 Å². The van der Waals surface area contributed by atoms with E-state index in [9.17, 15) is 4.79 Å². The summed E-state index contributed by atoms with van der Waals surface area (Å²) in [5.41, 5.74) is 7.20. The molecule has 1 unspecified atom stereocenters. The van der Waals surface area contributed by atoms with Gasteiger partial charge in [0.15, 0.2) is 0 Å². The SMILES string of the molecule is COc1ccc(CCOC(=O)C(C(N)=S)c2ccccn2)cc1. The number of rotatable bonds is 7. The van der Waals surface area contributed by atoms with Gasteiger partial charge in [0.1, 0.15) is 11.7 Å². The molecule has 1 atom stereocenters. The quantitative estimate of drug-likeness (QED) is 0.620. The number of esters is 1. The van der Waals surface area contributed by atoms with Gasteiger partial charge in [0.05, 0.1) is 24.4 Å². The van der Waals surface area contributed by atoms with Crippen molar-refractivity contribution in [3.63, 3.8) is 0 Å². The molecule has 0 radical (unpaired) electrons. The first-order valence-electron chi connectivity index (χ1n) is 7.11. The van der Waals surface area contributed by atoms with E-state index in [0.29, 0.717) is 12.1 Å². The number of benzene rings is 1. The smallest absolute Gasteiger partial charge is 0.322 e. The molecular formula is C17H18N2O3S. The summed E-state index contributed by atoms with van der Waals surface area (Å²) in [6, 6.07) is 12.8. The van der Waals surface area contributed by atoms with E-state index in [4.69, 9.17) is 27.4 Å². The van der Waals surface area contributed by atoms with Crippen LogP contribution in [-0.4, -0.2) is 29.7 Å². The van der Waals surface area contributed by atoms with E-state index in [-0.39, 0.29) is 11.6 Å². The fourth-order valence-electron chi connectivity index (χ4n) is 2.07. The van der Waals surface area contributed by atoms with Crippen molar-refractivity contribution in [3.8, 4) is 5.75 Å². The molecule has 0 aliphatic rings. The van der Waals surface area contributed by atoms with Gasteiger partial charge in [0.25, 0.3) is 0 Å². The Morgan fingerprint density at radius 2 is 2.00 bits per heavy atom. The first-order chi connectivity index (χ1) is 11.1. The Morgan fingerprint density at radius 3 is 2.57 bits per heavy atom. The summed E-state index contributed by atoms with van der Waals surface area (Å²) in [6.07, 6.45) is 2.19. The summed E-state index contributed by atoms with van der Waals surface area (Å²) in [5, 5.41) is 0. The maximum Gasteiger partial charge on any atom is 0.322 e. The number of carbonyl (C=O) groups is 1. The van der Waals surface area contributed by atoms with Gasteiger partial charge in [-0.25, -0.2) is 0 Å². The van der Waals surface area contributed by atoms with E-state index in [1.54, 1.807) is 31.5 Å². The number of thiocarbonyl (C=S) groups is 1. The van der Waals surface area contributed by atoms with Gasteiger partial charge in [-0.15, -0.1) is 0 Å². The third kappa shape index (κ3) is 4.75. The molecule has 0 saturated carbocycles. The normalized spacial score (nSPS) is 11.5. The Bertz CT molecular complexity index is 659. The van der Waals surface area contributed by atoms with Crippen LogP contribution < -0.4 is 10.5 Å². The van der Waals surface area contributed by atoms with Gasteiger partial charge in [-0.2, -0.15) is 0 Å². The zero-order valence-electron chi connectivity index (χ0n) is 12.8. The van der Waals surface area contributed by atoms with Gasteiger partial charge in [-0.3, -0.25) is 9.78 Å². The molecule has 2 N–H and O–H groups in total. The second-order valence-electron chi connectivity index (χ2n) is 4.86. The van der Waals surface area contributed by atoms with Crippen LogP contribution in [0.4, 0.5) is 0 Å². The number of carbonyl (C=O) groups excluding carboxylic acids is 1. The van der Waals surface area contributed by atoms with Crippen molar-refractivity contribution in [2.45, 2.75) is 12.3 Å². The van der Waals surface area contributed by atoms with E-state index < -0.39 is 11.9 Å². The molecule has 0 fully saturated rings. The number of hydrogen-bond acceptors (Lipinski definition) is 5. The number of ether oxygens (including phenoxy) is 2. The lowest BCUT2D eigenvalue weighted by molar-refractivity contribution is -0.143. The van der Waals surface area contributed by atoms with Gasteiger partial charge >= 0.3 is 5.97 Å². The Kier molecular flexibility index (Phi) is 6.05. The number of nitrogens with zero attached hydrogens (tertiary/aromatic N) is 1. The molecule has 0 aliphatic heterocycles. The lowest BCUT2D eigenvalue weighted by atomic mass is 10.1. The molecule has 23 heavy (non-hydrogen) atoms. The van der Waals surface area contributed by atoms with Gasteiger partial charge < -0.3 is 15.2 Å². The Morgan fingerprint density at radius 1 is 1.26 bits per heavy atom. The summed E-state index contributed by atoms with van der Waals surface area (Å²) in [7, 11) is 1.62. The summed E-state index contributed by atoms with van der Waals surface area (Å²) in [6.45, 7) is 0.247. The minimum Gasteiger partial charge on any atom is -0.497 e. The van der Waals surface area contributed by atoms with E-state index in [2.05, 4.69) is 4.98 Å². The fourth-order valence-corrected chi connectivity index (χ4v) is 2.29. The number of aromatic nitrogens is 1. The van der Waals surface area contributed by atoms with Gasteiger partial charge in [0.2, 0.25) is 0 Å². The van der Waals surface area contributed by atoms with Crippen molar-refractivity contribution >= 4 is 23.2 Å². The molecule has 5 nitrogen and oxygen atoms in total. The number of hydrogen-bond donors (Lipinski definition) is 1. The standard InChI is InChI=1S/C17H18N2O3S/c1-21-13-7-5-12(6-8-13)9-11-22-17(20)15(16(18)23)14-4-2-3-10-19-14/h2-8,10,15H,9,11H2,1H3,(H2,18,23). The van der Waals surface area contributed by atoms with Crippen LogP contribution in [0.25, 0.3) is 0 Å². The second-order valence-corrected chi connectivity index (χ2v) is 5.33. The zero-order valence-corrected chi connectivity index (χ0v) is 13.6. The topological polar surface area (TPSA) is 74.4 Å². The Balaban J connectivity index is 1.93. The van der Waals surface area contributed by atoms with E-state index in [1.807, 2.05) is 24.3 Å². The first-order valence-corrected chi connectivity index (χ1v) is 7.52. The summed E-state index contributed by atoms with van der Waals surface area (Å²) < 4.78 is 10.4. The van der Waals surface area contributed by atoms with Crippen LogP contribution in [0.3, 0.4) is 0 Å². The lowest BCUT2D eigenvalue weighted by Gasteiger charge is -2.14. The number of methoxy groups -OCH3 is 1. The molecule has 1 heterocycles. The van der Waals surface area contributed by atoms with E-state index in [1.165, 1.54) is 0 Å². The van der Waals surface area contributed by atoms with E-state index in [0.717, 1.165) is 11.3 Å². The van der Waals surface area contributed by atoms with Crippen molar-refractivity contribution in [2.75, 3.05) is 13.7 Å². The monoisotopic (exact) mass is 330 g/mol. The van der Waals surface area contributed by atoms with Crippen LogP contribution in [0, 0.1) is 0 Å². The number of pyridine rings is 1. The molecule has 2 rings (SSSR count). The maximum absolute atomic E-state index is 12.2. The third-order valence-corrected chi connectivity index (χ3v) is 3.53. The third-order valence-electron chi connectivity index (χ3n) is 3.30. The molecule has 2 aromatic rings. The molecule has 120 valence electrons. The highest BCUT2D eigenvalue weighted by molar-refractivity contribution is 7.80. The average molecular weight is 330 g/mol. The Labute approximate surface area is 140 Å². The van der Waals surface area contributed by atoms with Crippen LogP contribution in [0.1, 0.15) is 17.2 Å². The fraction of sp³-hybridized carbons (Fsp3) is 0.235. The van der Waals surface area contributed by atoms with Crippen molar-refractivity contribution in [2.24, 2.45) is 5.73 Å². The predicted octanol–water partition coefficient (Wildman–Crippen LogP) is 2.25.